The van der Waals surface area contributed by atoms with Crippen LogP contribution < -0.4 is 0 Å². The zero-order valence-corrected chi connectivity index (χ0v) is 13.1. The van der Waals surface area contributed by atoms with Crippen molar-refractivity contribution in [1.29, 1.82) is 0 Å². The summed E-state index contributed by atoms with van der Waals surface area (Å²) in [6.45, 7) is 2.17. The number of thiophene rings is 1. The Hall–Kier alpha value is -0.480. The molecule has 0 aliphatic rings. The van der Waals surface area contributed by atoms with Crippen LogP contribution in [0.15, 0.2) is 15.9 Å². The van der Waals surface area contributed by atoms with Crippen LogP contribution in [0.3, 0.4) is 0 Å². The van der Waals surface area contributed by atoms with Crippen molar-refractivity contribution in [3.8, 4) is 0 Å². The lowest BCUT2D eigenvalue weighted by Crippen LogP contribution is -2.06. The third-order valence-corrected chi connectivity index (χ3v) is 4.43. The molecule has 100 valence electrons. The number of hydrogen-bond acceptors (Lipinski definition) is 3. The van der Waals surface area contributed by atoms with Crippen LogP contribution in [-0.2, 0) is 4.79 Å². The Morgan fingerprint density at radius 3 is 2.50 bits per heavy atom. The quantitative estimate of drug-likeness (QED) is 0.362. The first-order chi connectivity index (χ1) is 8.63. The minimum absolute atomic E-state index is 0.0516. The van der Waals surface area contributed by atoms with Gasteiger partial charge in [0.25, 0.3) is 0 Å². The first kappa shape index (κ1) is 15.6. The molecule has 0 saturated heterocycles. The summed E-state index contributed by atoms with van der Waals surface area (Å²) >= 11 is 4.70. The Kier molecular flexibility index (Phi) is 7.44. The van der Waals surface area contributed by atoms with Crippen molar-refractivity contribution in [3.63, 3.8) is 0 Å². The third kappa shape index (κ3) is 5.91. The van der Waals surface area contributed by atoms with Crippen LogP contribution in [0.4, 0.5) is 0 Å². The number of rotatable bonds is 9. The number of ketones is 2. The number of halogens is 1. The van der Waals surface area contributed by atoms with E-state index in [0.29, 0.717) is 11.3 Å². The zero-order chi connectivity index (χ0) is 13.4. The molecule has 1 heterocycles. The zero-order valence-electron chi connectivity index (χ0n) is 10.7. The summed E-state index contributed by atoms with van der Waals surface area (Å²) in [7, 11) is 0. The van der Waals surface area contributed by atoms with E-state index in [-0.39, 0.29) is 18.0 Å². The first-order valence-corrected chi connectivity index (χ1v) is 8.04. The van der Waals surface area contributed by atoms with Crippen molar-refractivity contribution in [2.24, 2.45) is 0 Å². The molecule has 1 rings (SSSR count). The molecular formula is C14H19BrO2S. The van der Waals surface area contributed by atoms with Crippen LogP contribution >= 0.6 is 27.3 Å². The average Bonchev–Trinajstić information content (AvgIpc) is 2.75. The maximum atomic E-state index is 11.8. The van der Waals surface area contributed by atoms with Gasteiger partial charge in [0, 0.05) is 6.42 Å². The molecule has 0 saturated carbocycles. The van der Waals surface area contributed by atoms with E-state index < -0.39 is 0 Å². The molecule has 1 aromatic rings. The lowest BCUT2D eigenvalue weighted by molar-refractivity contribution is -0.118. The van der Waals surface area contributed by atoms with Gasteiger partial charge >= 0.3 is 0 Å². The summed E-state index contributed by atoms with van der Waals surface area (Å²) in [4.78, 5) is 24.1. The van der Waals surface area contributed by atoms with Gasteiger partial charge < -0.3 is 0 Å². The first-order valence-electron chi connectivity index (χ1n) is 6.43. The Balaban J connectivity index is 2.22. The molecule has 0 amide bonds. The van der Waals surface area contributed by atoms with Crippen LogP contribution in [-0.4, -0.2) is 11.6 Å². The van der Waals surface area contributed by atoms with E-state index in [0.717, 1.165) is 16.6 Å². The molecule has 0 aliphatic heterocycles. The molecule has 0 spiro atoms. The molecule has 2 nitrogen and oxygen atoms in total. The molecular weight excluding hydrogens is 312 g/mol. The highest BCUT2D eigenvalue weighted by atomic mass is 79.9. The molecule has 0 N–H and O–H groups in total. The number of carbonyl (C=O) groups is 2. The highest BCUT2D eigenvalue weighted by molar-refractivity contribution is 9.11. The second-order valence-electron chi connectivity index (χ2n) is 4.41. The van der Waals surface area contributed by atoms with Crippen LogP contribution in [0.1, 0.15) is 61.5 Å². The Morgan fingerprint density at radius 2 is 1.89 bits per heavy atom. The van der Waals surface area contributed by atoms with Gasteiger partial charge in [-0.1, -0.05) is 32.6 Å². The minimum Gasteiger partial charge on any atom is -0.299 e. The molecule has 0 aliphatic carbocycles. The van der Waals surface area contributed by atoms with E-state index in [1.54, 1.807) is 6.07 Å². The Morgan fingerprint density at radius 1 is 1.17 bits per heavy atom. The predicted molar refractivity (Wildman–Crippen MR) is 79.3 cm³/mol. The van der Waals surface area contributed by atoms with Gasteiger partial charge in [-0.25, -0.2) is 0 Å². The lowest BCUT2D eigenvalue weighted by atomic mass is 10.1. The van der Waals surface area contributed by atoms with Gasteiger partial charge in [0.05, 0.1) is 15.1 Å². The van der Waals surface area contributed by atoms with Gasteiger partial charge in [-0.05, 0) is 34.5 Å². The number of carbonyl (C=O) groups excluding carboxylic acids is 2. The van der Waals surface area contributed by atoms with E-state index in [9.17, 15) is 9.59 Å². The van der Waals surface area contributed by atoms with Crippen molar-refractivity contribution in [1.82, 2.24) is 0 Å². The highest BCUT2D eigenvalue weighted by Crippen LogP contribution is 2.23. The lowest BCUT2D eigenvalue weighted by Gasteiger charge is -2.00. The fourth-order valence-electron chi connectivity index (χ4n) is 1.74. The Bertz CT molecular complexity index is 398. The second-order valence-corrected chi connectivity index (χ2v) is 6.87. The van der Waals surface area contributed by atoms with E-state index in [2.05, 4.69) is 22.9 Å². The third-order valence-electron chi connectivity index (χ3n) is 2.76. The van der Waals surface area contributed by atoms with Crippen molar-refractivity contribution in [3.05, 3.63) is 20.8 Å². The molecule has 0 unspecified atom stereocenters. The highest BCUT2D eigenvalue weighted by Gasteiger charge is 2.13. The largest absolute Gasteiger partial charge is 0.299 e. The molecule has 0 atom stereocenters. The minimum atomic E-state index is -0.0516. The topological polar surface area (TPSA) is 34.1 Å². The number of hydrogen-bond donors (Lipinski definition) is 0. The number of unbranched alkanes of at least 4 members (excludes halogenated alkanes) is 4. The summed E-state index contributed by atoms with van der Waals surface area (Å²) in [6, 6.07) is 3.61. The van der Waals surface area contributed by atoms with Gasteiger partial charge in [-0.15, -0.1) is 11.3 Å². The van der Waals surface area contributed by atoms with E-state index >= 15 is 0 Å². The van der Waals surface area contributed by atoms with Gasteiger partial charge in [0.1, 0.15) is 5.78 Å². The molecule has 18 heavy (non-hydrogen) atoms. The number of Topliss-reactive ketones (excluding diaryl/α,β-unsaturated/α-hetero) is 2. The maximum Gasteiger partial charge on any atom is 0.180 e. The molecule has 1 aromatic heterocycles. The van der Waals surface area contributed by atoms with E-state index in [4.69, 9.17) is 0 Å². The monoisotopic (exact) mass is 330 g/mol. The summed E-state index contributed by atoms with van der Waals surface area (Å²) in [5.41, 5.74) is 0. The molecule has 0 bridgehead atoms. The van der Waals surface area contributed by atoms with Crippen molar-refractivity contribution < 1.29 is 9.59 Å². The van der Waals surface area contributed by atoms with Crippen LogP contribution in [0.5, 0.6) is 0 Å². The van der Waals surface area contributed by atoms with Crippen molar-refractivity contribution in [2.75, 3.05) is 0 Å². The summed E-state index contributed by atoms with van der Waals surface area (Å²) in [5.74, 6) is 0.0188. The SMILES string of the molecule is CCCCCCCC(=O)CC(=O)c1ccc(Br)s1. The Labute approximate surface area is 121 Å². The van der Waals surface area contributed by atoms with Gasteiger partial charge in [-0.2, -0.15) is 0 Å². The standard InChI is InChI=1S/C14H19BrO2S/c1-2-3-4-5-6-7-11(16)10-12(17)13-8-9-14(15)18-13/h8-9H,2-7,10H2,1H3. The molecule has 4 heteroatoms. The molecule has 0 aromatic carbocycles. The van der Waals surface area contributed by atoms with E-state index in [1.165, 1.54) is 30.6 Å². The van der Waals surface area contributed by atoms with Gasteiger partial charge in [0.2, 0.25) is 0 Å². The normalized spacial score (nSPS) is 10.6. The van der Waals surface area contributed by atoms with Gasteiger partial charge in [0.15, 0.2) is 5.78 Å². The van der Waals surface area contributed by atoms with Crippen LogP contribution in [0.2, 0.25) is 0 Å². The second kappa shape index (κ2) is 8.59. The summed E-state index contributed by atoms with van der Waals surface area (Å²) in [6.07, 6.45) is 6.24. The van der Waals surface area contributed by atoms with Crippen molar-refractivity contribution in [2.45, 2.75) is 51.9 Å². The van der Waals surface area contributed by atoms with Crippen molar-refractivity contribution >= 4 is 38.8 Å². The van der Waals surface area contributed by atoms with Crippen LogP contribution in [0.25, 0.3) is 0 Å². The maximum absolute atomic E-state index is 11.8. The molecule has 0 radical (unpaired) electrons. The summed E-state index contributed by atoms with van der Waals surface area (Å²) in [5, 5.41) is 0. The average molecular weight is 331 g/mol. The van der Waals surface area contributed by atoms with E-state index in [1.807, 2.05) is 6.07 Å². The molecule has 0 fully saturated rings. The smallest absolute Gasteiger partial charge is 0.180 e. The van der Waals surface area contributed by atoms with Gasteiger partial charge in [-0.3, -0.25) is 9.59 Å². The summed E-state index contributed by atoms with van der Waals surface area (Å²) < 4.78 is 0.929. The fourth-order valence-corrected chi connectivity index (χ4v) is 3.07. The predicted octanol–water partition coefficient (Wildman–Crippen LogP) is 5.01. The fraction of sp³-hybridized carbons (Fsp3) is 0.571. The van der Waals surface area contributed by atoms with Crippen LogP contribution in [0, 0.1) is 0 Å².